The molecule has 0 saturated heterocycles. The Kier molecular flexibility index (Phi) is 37.1. The summed E-state index contributed by atoms with van der Waals surface area (Å²) in [6.45, 7) is 4.73. The van der Waals surface area contributed by atoms with Crippen LogP contribution in [0.2, 0.25) is 0 Å². The van der Waals surface area contributed by atoms with Gasteiger partial charge in [0.15, 0.2) is 0 Å². The first kappa shape index (κ1) is 53.6. The van der Waals surface area contributed by atoms with Crippen LogP contribution in [0.4, 0.5) is 0 Å². The van der Waals surface area contributed by atoms with Crippen molar-refractivity contribution in [2.45, 2.75) is 211 Å². The summed E-state index contributed by atoms with van der Waals surface area (Å²) in [5.74, 6) is -1.83. The van der Waals surface area contributed by atoms with Crippen LogP contribution in [0.15, 0.2) is 47.4 Å². The number of ether oxygens (including phenoxy) is 2. The zero-order valence-corrected chi connectivity index (χ0v) is 38.3. The van der Waals surface area contributed by atoms with Gasteiger partial charge in [-0.3, -0.25) is 0 Å². The maximum Gasteiger partial charge on any atom is 1.00 e. The van der Waals surface area contributed by atoms with Gasteiger partial charge in [0.1, 0.15) is 10.1 Å². The van der Waals surface area contributed by atoms with E-state index in [1.54, 1.807) is 0 Å². The number of esters is 2. The van der Waals surface area contributed by atoms with Crippen molar-refractivity contribution in [1.82, 2.24) is 0 Å². The van der Waals surface area contributed by atoms with Crippen LogP contribution >= 0.6 is 0 Å². The molecule has 0 radical (unpaired) electrons. The Morgan fingerprint density at radius 3 is 1.20 bits per heavy atom. The van der Waals surface area contributed by atoms with Crippen molar-refractivity contribution < 1.29 is 61.6 Å². The van der Waals surface area contributed by atoms with Gasteiger partial charge in [0, 0.05) is 0 Å². The number of carbonyl (C=O) groups is 2. The van der Waals surface area contributed by atoms with E-state index in [2.05, 4.69) is 38.2 Å². The molecule has 0 aliphatic carbocycles. The molecule has 0 amide bonds. The number of allylic oxidation sites excluding steroid dienone is 4. The van der Waals surface area contributed by atoms with E-state index >= 15 is 0 Å². The van der Waals surface area contributed by atoms with Crippen LogP contribution in [-0.2, 0) is 19.6 Å². The maximum atomic E-state index is 13.0. The van der Waals surface area contributed by atoms with Crippen LogP contribution in [0.1, 0.15) is 227 Å². The molecular weight excluding hydrogens is 720 g/mol. The monoisotopic (exact) mass is 797 g/mol. The topological polar surface area (TPSA) is 110 Å². The van der Waals surface area contributed by atoms with Gasteiger partial charge < -0.3 is 14.0 Å². The first-order chi connectivity index (χ1) is 26.3. The van der Waals surface area contributed by atoms with Crippen molar-refractivity contribution in [2.24, 2.45) is 0 Å². The van der Waals surface area contributed by atoms with Crippen molar-refractivity contribution in [3.8, 4) is 0 Å². The molecule has 1 aromatic rings. The molecular formula is C46H77NaO7S. The minimum Gasteiger partial charge on any atom is -0.744 e. The van der Waals surface area contributed by atoms with Crippen LogP contribution in [0.25, 0.3) is 0 Å². The number of hydrogen-bond acceptors (Lipinski definition) is 7. The van der Waals surface area contributed by atoms with Gasteiger partial charge in [-0.15, -0.1) is 0 Å². The molecule has 7 nitrogen and oxygen atoms in total. The minimum absolute atomic E-state index is 0. The summed E-state index contributed by atoms with van der Waals surface area (Å²) in [5, 5.41) is 0. The molecule has 0 aliphatic rings. The second kappa shape index (κ2) is 38.1. The number of unbranched alkanes of at least 4 members (excludes halogenated alkanes) is 26. The van der Waals surface area contributed by atoms with Crippen LogP contribution in [0.3, 0.4) is 0 Å². The second-order valence-corrected chi connectivity index (χ2v) is 16.3. The summed E-state index contributed by atoms with van der Waals surface area (Å²) in [6.07, 6.45) is 44.7. The predicted molar refractivity (Wildman–Crippen MR) is 223 cm³/mol. The van der Waals surface area contributed by atoms with E-state index in [4.69, 9.17) is 9.47 Å². The Morgan fingerprint density at radius 1 is 0.509 bits per heavy atom. The van der Waals surface area contributed by atoms with Crippen molar-refractivity contribution in [2.75, 3.05) is 13.2 Å². The fourth-order valence-corrected chi connectivity index (χ4v) is 7.34. The molecule has 55 heavy (non-hydrogen) atoms. The van der Waals surface area contributed by atoms with Gasteiger partial charge in [0.2, 0.25) is 0 Å². The third kappa shape index (κ3) is 30.3. The quantitative estimate of drug-likeness (QED) is 0.0217. The second-order valence-electron chi connectivity index (χ2n) is 15.0. The summed E-state index contributed by atoms with van der Waals surface area (Å²) in [7, 11) is -5.02. The molecule has 0 aromatic heterocycles. The van der Waals surface area contributed by atoms with Crippen molar-refractivity contribution in [3.05, 3.63) is 53.6 Å². The third-order valence-corrected chi connectivity index (χ3v) is 10.9. The summed E-state index contributed by atoms with van der Waals surface area (Å²) in [5.41, 5.74) is -0.799. The summed E-state index contributed by atoms with van der Waals surface area (Å²) >= 11 is 0. The molecule has 1 rings (SSSR count). The van der Waals surface area contributed by atoms with E-state index in [-0.39, 0.29) is 48.3 Å². The summed E-state index contributed by atoms with van der Waals surface area (Å²) < 4.78 is 46.7. The average molecular weight is 797 g/mol. The Labute approximate surface area is 359 Å². The molecule has 0 N–H and O–H groups in total. The molecule has 9 heteroatoms. The Morgan fingerprint density at radius 2 is 0.836 bits per heavy atom. The van der Waals surface area contributed by atoms with Gasteiger partial charge in [-0.05, 0) is 76.3 Å². The zero-order chi connectivity index (χ0) is 39.4. The number of hydrogen-bond donors (Lipinski definition) is 0. The first-order valence-corrected chi connectivity index (χ1v) is 23.5. The number of carbonyl (C=O) groups excluding carboxylic acids is 2. The Bertz CT molecular complexity index is 1240. The van der Waals surface area contributed by atoms with Gasteiger partial charge in [-0.1, -0.05) is 173 Å². The fourth-order valence-electron chi connectivity index (χ4n) is 6.65. The Hall–Kier alpha value is -1.45. The van der Waals surface area contributed by atoms with Crippen LogP contribution < -0.4 is 29.6 Å². The molecule has 0 spiro atoms. The maximum absolute atomic E-state index is 13.0. The summed E-state index contributed by atoms with van der Waals surface area (Å²) in [6, 6.07) is 3.60. The molecule has 0 aliphatic heterocycles. The predicted octanol–water partition coefficient (Wildman–Crippen LogP) is 10.8. The molecule has 0 atom stereocenters. The third-order valence-electron chi connectivity index (χ3n) is 10.00. The van der Waals surface area contributed by atoms with E-state index in [0.29, 0.717) is 12.8 Å². The largest absolute Gasteiger partial charge is 1.00 e. The van der Waals surface area contributed by atoms with Gasteiger partial charge in [-0.2, -0.15) is 0 Å². The van der Waals surface area contributed by atoms with E-state index in [9.17, 15) is 22.6 Å². The molecule has 1 aromatic carbocycles. The van der Waals surface area contributed by atoms with Gasteiger partial charge in [0.25, 0.3) is 0 Å². The molecule has 310 valence electrons. The van der Waals surface area contributed by atoms with E-state index in [1.165, 1.54) is 128 Å². The standard InChI is InChI=1S/C46H78O7S.Na/c1-3-5-7-9-11-13-15-17-19-21-23-25-27-29-31-33-35-40-52-45(47)42-38-37-39-43(54(49,50)51)44(42)46(48)53-41-36-34-32-30-28-26-24-22-20-18-16-14-12-10-8-6-4-2;/h23-26,37-39H,3-22,27-36,40-41H2,1-2H3,(H,49,50,51);/q;+1/p-1/b25-23+,26-24+;. The molecule has 0 heterocycles. The molecule has 0 bridgehead atoms. The number of benzene rings is 1. The van der Waals surface area contributed by atoms with E-state index < -0.39 is 32.5 Å². The summed E-state index contributed by atoms with van der Waals surface area (Å²) in [4.78, 5) is 25.2. The molecule has 0 unspecified atom stereocenters. The molecule has 0 fully saturated rings. The van der Waals surface area contributed by atoms with Gasteiger partial charge in [0.05, 0.1) is 29.2 Å². The average Bonchev–Trinajstić information content (AvgIpc) is 3.16. The SMILES string of the molecule is CCCCCCCCCCC/C=C/CCCCCCOC(=O)c1cccc(S(=O)(=O)[O-])c1C(=O)OCCCCCC/C=C/CCCCCCCCCCC.[Na+]. The normalized spacial score (nSPS) is 11.7. The van der Waals surface area contributed by atoms with E-state index in [1.807, 2.05) is 0 Å². The molecule has 0 saturated carbocycles. The van der Waals surface area contributed by atoms with Crippen molar-refractivity contribution in [1.29, 1.82) is 0 Å². The zero-order valence-electron chi connectivity index (χ0n) is 35.4. The number of rotatable bonds is 37. The fraction of sp³-hybridized carbons (Fsp3) is 0.739. The van der Waals surface area contributed by atoms with E-state index in [0.717, 1.165) is 70.3 Å². The van der Waals surface area contributed by atoms with Crippen LogP contribution in [0.5, 0.6) is 0 Å². The Balaban J connectivity index is 0.0000292. The van der Waals surface area contributed by atoms with Crippen molar-refractivity contribution in [3.63, 3.8) is 0 Å². The van der Waals surface area contributed by atoms with Crippen LogP contribution in [0, 0.1) is 0 Å². The first-order valence-electron chi connectivity index (χ1n) is 22.1. The van der Waals surface area contributed by atoms with Gasteiger partial charge >= 0.3 is 41.5 Å². The van der Waals surface area contributed by atoms with Gasteiger partial charge in [-0.25, -0.2) is 18.0 Å². The van der Waals surface area contributed by atoms with Crippen LogP contribution in [-0.4, -0.2) is 38.1 Å². The van der Waals surface area contributed by atoms with Crippen molar-refractivity contribution >= 4 is 22.1 Å². The minimum atomic E-state index is -5.02. The smallest absolute Gasteiger partial charge is 0.744 e.